The normalized spacial score (nSPS) is 14.9. The highest BCUT2D eigenvalue weighted by molar-refractivity contribution is 7.18. The van der Waals surface area contributed by atoms with E-state index in [2.05, 4.69) is 16.0 Å². The van der Waals surface area contributed by atoms with Crippen LogP contribution in [0.2, 0.25) is 0 Å². The summed E-state index contributed by atoms with van der Waals surface area (Å²) in [5.41, 5.74) is 0.695. The Morgan fingerprint density at radius 2 is 1.75 bits per heavy atom. The van der Waals surface area contributed by atoms with Crippen molar-refractivity contribution in [3.63, 3.8) is 0 Å². The Morgan fingerprint density at radius 1 is 1.00 bits per heavy atom. The summed E-state index contributed by atoms with van der Waals surface area (Å²) >= 11 is 1.72. The van der Waals surface area contributed by atoms with Crippen LogP contribution in [0, 0.1) is 0 Å². The van der Waals surface area contributed by atoms with Crippen molar-refractivity contribution in [2.24, 2.45) is 0 Å². The van der Waals surface area contributed by atoms with Crippen molar-refractivity contribution < 1.29 is 4.79 Å². The third-order valence-corrected chi connectivity index (χ3v) is 6.90. The highest BCUT2D eigenvalue weighted by Gasteiger charge is 2.22. The van der Waals surface area contributed by atoms with Crippen LogP contribution in [0.15, 0.2) is 58.1 Å². The van der Waals surface area contributed by atoms with Crippen LogP contribution in [0.4, 0.5) is 0 Å². The van der Waals surface area contributed by atoms with Crippen molar-refractivity contribution in [1.29, 1.82) is 0 Å². The number of H-pyrrole nitrogens is 1. The van der Waals surface area contributed by atoms with E-state index >= 15 is 0 Å². The molecule has 3 heterocycles. The molecule has 5 rings (SSSR count). The molecule has 1 N–H and O–H groups in total. The number of amides is 1. The molecular formula is C23H23N5O3S. The Morgan fingerprint density at radius 3 is 2.56 bits per heavy atom. The lowest BCUT2D eigenvalue weighted by atomic mass is 10.2. The zero-order valence-electron chi connectivity index (χ0n) is 17.5. The number of hydrogen-bond acceptors (Lipinski definition) is 6. The monoisotopic (exact) mass is 449 g/mol. The van der Waals surface area contributed by atoms with Gasteiger partial charge in [0.15, 0.2) is 0 Å². The first-order chi connectivity index (χ1) is 15.6. The number of fused-ring (bicyclic) bond motifs is 2. The number of carbonyl (C=O) groups excluding carboxylic acids is 1. The van der Waals surface area contributed by atoms with E-state index in [0.29, 0.717) is 24.0 Å². The number of thiazole rings is 1. The second kappa shape index (κ2) is 8.68. The van der Waals surface area contributed by atoms with Crippen molar-refractivity contribution in [1.82, 2.24) is 24.3 Å². The van der Waals surface area contributed by atoms with Crippen molar-refractivity contribution in [2.75, 3.05) is 26.2 Å². The minimum Gasteiger partial charge on any atom is -0.340 e. The maximum atomic E-state index is 12.8. The quantitative estimate of drug-likeness (QED) is 0.504. The van der Waals surface area contributed by atoms with Crippen molar-refractivity contribution in [2.45, 2.75) is 19.5 Å². The first kappa shape index (κ1) is 20.6. The first-order valence-corrected chi connectivity index (χ1v) is 11.5. The van der Waals surface area contributed by atoms with Gasteiger partial charge in [0.25, 0.3) is 5.56 Å². The summed E-state index contributed by atoms with van der Waals surface area (Å²) in [6.07, 6.45) is 0.216. The molecule has 32 heavy (non-hydrogen) atoms. The van der Waals surface area contributed by atoms with Gasteiger partial charge in [0.1, 0.15) is 5.01 Å². The van der Waals surface area contributed by atoms with Crippen LogP contribution in [-0.4, -0.2) is 56.4 Å². The lowest BCUT2D eigenvalue weighted by molar-refractivity contribution is -0.133. The fraction of sp³-hybridized carbons (Fsp3) is 0.304. The van der Waals surface area contributed by atoms with Gasteiger partial charge in [-0.15, -0.1) is 11.3 Å². The van der Waals surface area contributed by atoms with E-state index in [4.69, 9.17) is 4.98 Å². The minimum atomic E-state index is -0.484. The summed E-state index contributed by atoms with van der Waals surface area (Å²) < 4.78 is 2.67. The molecule has 0 radical (unpaired) electrons. The highest BCUT2D eigenvalue weighted by atomic mass is 32.1. The summed E-state index contributed by atoms with van der Waals surface area (Å²) in [4.78, 5) is 48.3. The van der Waals surface area contributed by atoms with Crippen LogP contribution in [0.1, 0.15) is 11.4 Å². The molecule has 0 saturated carbocycles. The van der Waals surface area contributed by atoms with Gasteiger partial charge in [-0.1, -0.05) is 24.3 Å². The molecule has 0 atom stereocenters. The molecule has 2 aromatic heterocycles. The molecular weight excluding hydrogens is 426 g/mol. The van der Waals surface area contributed by atoms with Gasteiger partial charge in [0.2, 0.25) is 5.91 Å². The van der Waals surface area contributed by atoms with Crippen LogP contribution < -0.4 is 11.2 Å². The topological polar surface area (TPSA) is 91.3 Å². The Kier molecular flexibility index (Phi) is 5.59. The highest BCUT2D eigenvalue weighted by Crippen LogP contribution is 2.23. The van der Waals surface area contributed by atoms with Crippen LogP contribution in [0.5, 0.6) is 0 Å². The van der Waals surface area contributed by atoms with E-state index in [0.717, 1.165) is 30.2 Å². The number of aromatic nitrogens is 3. The van der Waals surface area contributed by atoms with Crippen molar-refractivity contribution in [3.05, 3.63) is 74.4 Å². The van der Waals surface area contributed by atoms with E-state index in [1.165, 1.54) is 9.27 Å². The predicted molar refractivity (Wildman–Crippen MR) is 125 cm³/mol. The number of para-hydroxylation sites is 2. The number of benzene rings is 2. The van der Waals surface area contributed by atoms with Gasteiger partial charge in [0.05, 0.1) is 27.7 Å². The van der Waals surface area contributed by atoms with Crippen molar-refractivity contribution in [3.8, 4) is 0 Å². The number of aromatic amines is 1. The molecule has 0 unspecified atom stereocenters. The van der Waals surface area contributed by atoms with E-state index < -0.39 is 11.2 Å². The second-order valence-electron chi connectivity index (χ2n) is 7.91. The van der Waals surface area contributed by atoms with Crippen LogP contribution in [0.25, 0.3) is 21.1 Å². The summed E-state index contributed by atoms with van der Waals surface area (Å²) in [6, 6.07) is 15.1. The van der Waals surface area contributed by atoms with E-state index in [1.54, 1.807) is 35.6 Å². The molecule has 8 nitrogen and oxygen atoms in total. The average Bonchev–Trinajstić information content (AvgIpc) is 3.21. The molecule has 1 amide bonds. The van der Waals surface area contributed by atoms with Gasteiger partial charge < -0.3 is 4.90 Å². The Labute approximate surface area is 187 Å². The van der Waals surface area contributed by atoms with Gasteiger partial charge in [-0.05, 0) is 24.3 Å². The molecule has 0 spiro atoms. The molecule has 164 valence electrons. The number of piperazine rings is 1. The first-order valence-electron chi connectivity index (χ1n) is 10.6. The molecule has 1 aliphatic rings. The summed E-state index contributed by atoms with van der Waals surface area (Å²) in [7, 11) is 0. The summed E-state index contributed by atoms with van der Waals surface area (Å²) in [5, 5.41) is 1.54. The predicted octanol–water partition coefficient (Wildman–Crippen LogP) is 2.03. The zero-order chi connectivity index (χ0) is 22.1. The van der Waals surface area contributed by atoms with Crippen LogP contribution in [0.3, 0.4) is 0 Å². The number of hydrogen-bond donors (Lipinski definition) is 1. The lowest BCUT2D eigenvalue weighted by Gasteiger charge is -2.34. The SMILES string of the molecule is O=C(CCn1c(=O)[nH]c(=O)c2ccccc21)N1CCN(Cc2nc3ccccc3s2)CC1. The van der Waals surface area contributed by atoms with E-state index in [9.17, 15) is 14.4 Å². The third kappa shape index (κ3) is 4.09. The Hall–Kier alpha value is -3.30. The van der Waals surface area contributed by atoms with Gasteiger partial charge in [-0.2, -0.15) is 0 Å². The maximum absolute atomic E-state index is 12.8. The summed E-state index contributed by atoms with van der Waals surface area (Å²) in [5.74, 6) is 0.0202. The number of nitrogens with one attached hydrogen (secondary N) is 1. The number of carbonyl (C=O) groups is 1. The van der Waals surface area contributed by atoms with Gasteiger partial charge in [-0.3, -0.25) is 24.0 Å². The summed E-state index contributed by atoms with van der Waals surface area (Å²) in [6.45, 7) is 3.93. The van der Waals surface area contributed by atoms with Gasteiger partial charge in [0, 0.05) is 39.1 Å². The largest absolute Gasteiger partial charge is 0.340 e. The minimum absolute atomic E-state index is 0.0202. The standard InChI is InChI=1S/C23H23N5O3S/c29-21(9-10-28-18-7-3-1-5-16(18)22(30)25-23(28)31)27-13-11-26(12-14-27)15-20-24-17-6-2-4-8-19(17)32-20/h1-8H,9-15H2,(H,25,30,31). The third-order valence-electron chi connectivity index (χ3n) is 5.88. The fourth-order valence-corrected chi connectivity index (χ4v) is 5.17. The fourth-order valence-electron chi connectivity index (χ4n) is 4.16. The Bertz CT molecular complexity index is 1370. The van der Waals surface area contributed by atoms with E-state index in [-0.39, 0.29) is 18.9 Å². The molecule has 4 aromatic rings. The van der Waals surface area contributed by atoms with Gasteiger partial charge in [-0.25, -0.2) is 9.78 Å². The number of rotatable bonds is 5. The molecule has 9 heteroatoms. The lowest BCUT2D eigenvalue weighted by Crippen LogP contribution is -2.48. The molecule has 2 aromatic carbocycles. The maximum Gasteiger partial charge on any atom is 0.328 e. The van der Waals surface area contributed by atoms with Crippen LogP contribution in [-0.2, 0) is 17.9 Å². The number of nitrogens with zero attached hydrogens (tertiary/aromatic N) is 4. The smallest absolute Gasteiger partial charge is 0.328 e. The molecule has 1 aliphatic heterocycles. The van der Waals surface area contributed by atoms with Crippen LogP contribution >= 0.6 is 11.3 Å². The molecule has 0 bridgehead atoms. The zero-order valence-corrected chi connectivity index (χ0v) is 18.3. The molecule has 1 fully saturated rings. The molecule has 1 saturated heterocycles. The second-order valence-corrected chi connectivity index (χ2v) is 9.03. The van der Waals surface area contributed by atoms with E-state index in [1.807, 2.05) is 23.1 Å². The molecule has 0 aliphatic carbocycles. The Balaban J connectivity index is 1.19. The van der Waals surface area contributed by atoms with Crippen molar-refractivity contribution >= 4 is 38.4 Å². The van der Waals surface area contributed by atoms with Gasteiger partial charge >= 0.3 is 5.69 Å². The average molecular weight is 450 g/mol. The number of aryl methyl sites for hydroxylation is 1.